The molecule has 0 amide bonds. The van der Waals surface area contributed by atoms with E-state index in [1.165, 1.54) is 24.1 Å². The molecule has 1 saturated heterocycles. The summed E-state index contributed by atoms with van der Waals surface area (Å²) >= 11 is 0. The second kappa shape index (κ2) is 10.1. The molecule has 23 heavy (non-hydrogen) atoms. The van der Waals surface area contributed by atoms with Crippen molar-refractivity contribution in [1.82, 2.24) is 20.0 Å². The Kier molecular flexibility index (Phi) is 8.90. The van der Waals surface area contributed by atoms with Gasteiger partial charge in [0.25, 0.3) is 0 Å². The molecular weight excluding hydrogens is 405 g/mol. The number of rotatable bonds is 6. The van der Waals surface area contributed by atoms with Crippen LogP contribution in [0, 0.1) is 13.8 Å². The Morgan fingerprint density at radius 2 is 2.00 bits per heavy atom. The first-order chi connectivity index (χ1) is 10.7. The van der Waals surface area contributed by atoms with Crippen LogP contribution < -0.4 is 5.32 Å². The van der Waals surface area contributed by atoms with Gasteiger partial charge < -0.3 is 15.0 Å². The molecule has 0 aliphatic carbocycles. The number of aryl methyl sites for hydroxylation is 1. The molecule has 0 aromatic carbocycles. The summed E-state index contributed by atoms with van der Waals surface area (Å²) < 4.78 is 7.16. The molecule has 2 heterocycles. The number of guanidine groups is 1. The average molecular weight is 435 g/mol. The maximum absolute atomic E-state index is 5.14. The average Bonchev–Trinajstić information content (AvgIpc) is 3.12. The molecule has 1 aliphatic heterocycles. The largest absolute Gasteiger partial charge is 0.383 e. The Labute approximate surface area is 156 Å². The van der Waals surface area contributed by atoms with Gasteiger partial charge in [-0.15, -0.1) is 24.0 Å². The van der Waals surface area contributed by atoms with Gasteiger partial charge in [-0.3, -0.25) is 4.68 Å². The van der Waals surface area contributed by atoms with Crippen LogP contribution in [0.5, 0.6) is 0 Å². The number of nitrogens with zero attached hydrogens (tertiary/aromatic N) is 4. The molecule has 7 heteroatoms. The van der Waals surface area contributed by atoms with Gasteiger partial charge in [-0.1, -0.05) is 0 Å². The second-order valence-electron chi connectivity index (χ2n) is 5.73. The van der Waals surface area contributed by atoms with Crippen molar-refractivity contribution in [3.05, 3.63) is 17.0 Å². The third kappa shape index (κ3) is 5.34. The van der Waals surface area contributed by atoms with Crippen molar-refractivity contribution in [3.8, 4) is 0 Å². The lowest BCUT2D eigenvalue weighted by Crippen LogP contribution is -2.39. The van der Waals surface area contributed by atoms with Crippen molar-refractivity contribution in [2.24, 2.45) is 4.99 Å². The zero-order valence-corrected chi connectivity index (χ0v) is 17.1. The van der Waals surface area contributed by atoms with E-state index in [1.54, 1.807) is 7.11 Å². The number of likely N-dealkylation sites (tertiary alicyclic amines) is 1. The van der Waals surface area contributed by atoms with E-state index in [-0.39, 0.29) is 24.0 Å². The lowest BCUT2D eigenvalue weighted by Gasteiger charge is -2.20. The number of halogens is 1. The minimum absolute atomic E-state index is 0. The Bertz CT molecular complexity index is 509. The van der Waals surface area contributed by atoms with Gasteiger partial charge in [0.15, 0.2) is 5.96 Å². The van der Waals surface area contributed by atoms with Crippen LogP contribution in [0.4, 0.5) is 0 Å². The van der Waals surface area contributed by atoms with Gasteiger partial charge in [0.2, 0.25) is 0 Å². The summed E-state index contributed by atoms with van der Waals surface area (Å²) in [6.07, 6.45) is 2.52. The summed E-state index contributed by atoms with van der Waals surface area (Å²) in [5.74, 6) is 1.03. The van der Waals surface area contributed by atoms with E-state index in [1.807, 2.05) is 4.68 Å². The SMILES string of the molecule is CCNC(=NCc1c(C)nn(CCOC)c1C)N1CCCC1.I. The maximum atomic E-state index is 5.14. The van der Waals surface area contributed by atoms with Gasteiger partial charge >= 0.3 is 0 Å². The smallest absolute Gasteiger partial charge is 0.194 e. The normalized spacial score (nSPS) is 15.0. The molecule has 1 aromatic heterocycles. The topological polar surface area (TPSA) is 54.7 Å². The number of nitrogens with one attached hydrogen (secondary N) is 1. The fourth-order valence-corrected chi connectivity index (χ4v) is 2.87. The van der Waals surface area contributed by atoms with Crippen LogP contribution >= 0.6 is 24.0 Å². The van der Waals surface area contributed by atoms with E-state index >= 15 is 0 Å². The molecule has 1 aliphatic rings. The van der Waals surface area contributed by atoms with Crippen LogP contribution in [0.3, 0.4) is 0 Å². The number of hydrogen-bond acceptors (Lipinski definition) is 3. The van der Waals surface area contributed by atoms with Crippen LogP contribution in [-0.2, 0) is 17.8 Å². The fourth-order valence-electron chi connectivity index (χ4n) is 2.87. The van der Waals surface area contributed by atoms with Gasteiger partial charge in [0, 0.05) is 38.0 Å². The van der Waals surface area contributed by atoms with E-state index in [9.17, 15) is 0 Å². The zero-order chi connectivity index (χ0) is 15.9. The predicted octanol–water partition coefficient (Wildman–Crippen LogP) is 2.33. The zero-order valence-electron chi connectivity index (χ0n) is 14.8. The van der Waals surface area contributed by atoms with Crippen molar-refractivity contribution in [2.75, 3.05) is 33.4 Å². The van der Waals surface area contributed by atoms with Gasteiger partial charge in [0.1, 0.15) is 0 Å². The van der Waals surface area contributed by atoms with Crippen molar-refractivity contribution in [3.63, 3.8) is 0 Å². The monoisotopic (exact) mass is 435 g/mol. The Balaban J connectivity index is 0.00000264. The first kappa shape index (κ1) is 20.2. The quantitative estimate of drug-likeness (QED) is 0.424. The standard InChI is InChI=1S/C16H29N5O.HI/c1-5-17-16(20-8-6-7-9-20)18-12-15-13(2)19-21(14(15)3)10-11-22-4;/h5-12H2,1-4H3,(H,17,18);1H. The highest BCUT2D eigenvalue weighted by Gasteiger charge is 2.16. The van der Waals surface area contributed by atoms with Crippen LogP contribution in [0.25, 0.3) is 0 Å². The van der Waals surface area contributed by atoms with Crippen LogP contribution in [0.2, 0.25) is 0 Å². The molecule has 0 atom stereocenters. The third-order valence-corrected chi connectivity index (χ3v) is 4.17. The second-order valence-corrected chi connectivity index (χ2v) is 5.73. The highest BCUT2D eigenvalue weighted by atomic mass is 127. The summed E-state index contributed by atoms with van der Waals surface area (Å²) in [6, 6.07) is 0. The molecule has 0 bridgehead atoms. The van der Waals surface area contributed by atoms with Gasteiger partial charge in [-0.05, 0) is 33.6 Å². The number of ether oxygens (including phenoxy) is 1. The molecule has 6 nitrogen and oxygen atoms in total. The third-order valence-electron chi connectivity index (χ3n) is 4.17. The molecule has 0 spiro atoms. The van der Waals surface area contributed by atoms with Crippen LogP contribution in [0.15, 0.2) is 4.99 Å². The van der Waals surface area contributed by atoms with Crippen LogP contribution in [0.1, 0.15) is 36.7 Å². The highest BCUT2D eigenvalue weighted by molar-refractivity contribution is 14.0. The summed E-state index contributed by atoms with van der Waals surface area (Å²) in [6.45, 7) is 11.6. The maximum Gasteiger partial charge on any atom is 0.194 e. The lowest BCUT2D eigenvalue weighted by molar-refractivity contribution is 0.182. The molecule has 0 saturated carbocycles. The Morgan fingerprint density at radius 3 is 2.61 bits per heavy atom. The first-order valence-corrected chi connectivity index (χ1v) is 8.22. The molecule has 1 aromatic rings. The molecule has 1 N–H and O–H groups in total. The first-order valence-electron chi connectivity index (χ1n) is 8.22. The van der Waals surface area contributed by atoms with Crippen molar-refractivity contribution in [2.45, 2.75) is 46.7 Å². The van der Waals surface area contributed by atoms with Crippen LogP contribution in [-0.4, -0.2) is 54.0 Å². The summed E-state index contributed by atoms with van der Waals surface area (Å²) in [7, 11) is 1.72. The number of aromatic nitrogens is 2. The fraction of sp³-hybridized carbons (Fsp3) is 0.750. The Morgan fingerprint density at radius 1 is 1.30 bits per heavy atom. The number of methoxy groups -OCH3 is 1. The van der Waals surface area contributed by atoms with E-state index in [0.717, 1.165) is 37.8 Å². The van der Waals surface area contributed by atoms with E-state index in [0.29, 0.717) is 13.2 Å². The van der Waals surface area contributed by atoms with Gasteiger partial charge in [0.05, 0.1) is 25.4 Å². The van der Waals surface area contributed by atoms with Gasteiger partial charge in [-0.25, -0.2) is 4.99 Å². The molecule has 0 radical (unpaired) electrons. The summed E-state index contributed by atoms with van der Waals surface area (Å²) in [4.78, 5) is 7.18. The highest BCUT2D eigenvalue weighted by Crippen LogP contribution is 2.15. The van der Waals surface area contributed by atoms with Gasteiger partial charge in [-0.2, -0.15) is 5.10 Å². The summed E-state index contributed by atoms with van der Waals surface area (Å²) in [5, 5.41) is 8.01. The summed E-state index contributed by atoms with van der Waals surface area (Å²) in [5.41, 5.74) is 3.48. The molecule has 0 unspecified atom stereocenters. The molecule has 1 fully saturated rings. The number of aliphatic imine (C=N–C) groups is 1. The minimum Gasteiger partial charge on any atom is -0.383 e. The molecule has 132 valence electrons. The number of hydrogen-bond donors (Lipinski definition) is 1. The molecular formula is C16H30IN5O. The lowest BCUT2D eigenvalue weighted by atomic mass is 10.2. The van der Waals surface area contributed by atoms with E-state index < -0.39 is 0 Å². The van der Waals surface area contributed by atoms with Crippen molar-refractivity contribution in [1.29, 1.82) is 0 Å². The van der Waals surface area contributed by atoms with Crippen molar-refractivity contribution >= 4 is 29.9 Å². The van der Waals surface area contributed by atoms with E-state index in [4.69, 9.17) is 9.73 Å². The van der Waals surface area contributed by atoms with Crippen molar-refractivity contribution < 1.29 is 4.74 Å². The minimum atomic E-state index is 0. The molecule has 2 rings (SSSR count). The van der Waals surface area contributed by atoms with E-state index in [2.05, 4.69) is 36.1 Å². The Hall–Kier alpha value is -0.830. The predicted molar refractivity (Wildman–Crippen MR) is 105 cm³/mol.